The molecule has 21 heavy (non-hydrogen) atoms. The van der Waals surface area contributed by atoms with Crippen molar-refractivity contribution in [3.05, 3.63) is 38.9 Å². The number of hydrogen-bond donors (Lipinski definition) is 2. The molecule has 1 aliphatic rings. The standard InChI is InChI=1S/C13H16ClN3O3.ClH/c1-8-2-3-15-7-12(8)16-13(18)9-4-10(14)6-11(5-9)17(19)20;/h4-6,8,12,15H,2-3,7H2,1H3,(H,16,18);1H. The number of carbonyl (C=O) groups excluding carboxylic acids is 1. The second-order valence-electron chi connectivity index (χ2n) is 5.01. The van der Waals surface area contributed by atoms with E-state index in [1.165, 1.54) is 18.2 Å². The summed E-state index contributed by atoms with van der Waals surface area (Å²) >= 11 is 5.81. The van der Waals surface area contributed by atoms with Crippen LogP contribution in [0.1, 0.15) is 23.7 Å². The minimum atomic E-state index is -0.562. The van der Waals surface area contributed by atoms with Gasteiger partial charge in [-0.05, 0) is 24.9 Å². The first-order valence-corrected chi connectivity index (χ1v) is 6.81. The van der Waals surface area contributed by atoms with Crippen LogP contribution in [0.25, 0.3) is 0 Å². The van der Waals surface area contributed by atoms with E-state index in [9.17, 15) is 14.9 Å². The lowest BCUT2D eigenvalue weighted by Crippen LogP contribution is -2.50. The van der Waals surface area contributed by atoms with E-state index in [4.69, 9.17) is 11.6 Å². The van der Waals surface area contributed by atoms with Gasteiger partial charge in [-0.15, -0.1) is 12.4 Å². The van der Waals surface area contributed by atoms with Crippen LogP contribution in [0.3, 0.4) is 0 Å². The molecular weight excluding hydrogens is 317 g/mol. The quantitative estimate of drug-likeness (QED) is 0.657. The molecule has 1 aromatic rings. The Bertz CT molecular complexity index is 539. The van der Waals surface area contributed by atoms with E-state index in [0.717, 1.165) is 13.0 Å². The van der Waals surface area contributed by atoms with E-state index in [2.05, 4.69) is 17.6 Å². The van der Waals surface area contributed by atoms with Gasteiger partial charge in [0.05, 0.1) is 4.92 Å². The molecule has 2 unspecified atom stereocenters. The van der Waals surface area contributed by atoms with Gasteiger partial charge in [-0.3, -0.25) is 14.9 Å². The summed E-state index contributed by atoms with van der Waals surface area (Å²) in [4.78, 5) is 22.4. The number of piperidine rings is 1. The van der Waals surface area contributed by atoms with Crippen LogP contribution in [0.15, 0.2) is 18.2 Å². The van der Waals surface area contributed by atoms with Crippen molar-refractivity contribution in [3.63, 3.8) is 0 Å². The Hall–Kier alpha value is -1.37. The van der Waals surface area contributed by atoms with Crippen molar-refractivity contribution in [2.24, 2.45) is 5.92 Å². The Balaban J connectivity index is 0.00000220. The van der Waals surface area contributed by atoms with Crippen LogP contribution in [0, 0.1) is 16.0 Å². The number of hydrogen-bond acceptors (Lipinski definition) is 4. The Morgan fingerprint density at radius 3 is 2.81 bits per heavy atom. The monoisotopic (exact) mass is 333 g/mol. The number of benzene rings is 1. The normalized spacial score (nSPS) is 21.2. The van der Waals surface area contributed by atoms with Crippen LogP contribution in [-0.4, -0.2) is 30.0 Å². The van der Waals surface area contributed by atoms with Crippen LogP contribution >= 0.6 is 24.0 Å². The predicted octanol–water partition coefficient (Wildman–Crippen LogP) is 2.40. The molecule has 1 aliphatic heterocycles. The van der Waals surface area contributed by atoms with Gasteiger partial charge in [-0.2, -0.15) is 0 Å². The lowest BCUT2D eigenvalue weighted by atomic mass is 9.94. The minimum Gasteiger partial charge on any atom is -0.348 e. The summed E-state index contributed by atoms with van der Waals surface area (Å²) in [6.45, 7) is 3.72. The van der Waals surface area contributed by atoms with E-state index in [-0.39, 0.29) is 40.6 Å². The molecule has 2 N–H and O–H groups in total. The average molecular weight is 334 g/mol. The molecule has 1 aromatic carbocycles. The van der Waals surface area contributed by atoms with Crippen molar-refractivity contribution in [1.29, 1.82) is 0 Å². The van der Waals surface area contributed by atoms with E-state index >= 15 is 0 Å². The zero-order chi connectivity index (χ0) is 14.7. The zero-order valence-corrected chi connectivity index (χ0v) is 13.0. The Kier molecular flexibility index (Phi) is 6.39. The molecule has 0 aliphatic carbocycles. The zero-order valence-electron chi connectivity index (χ0n) is 11.5. The topological polar surface area (TPSA) is 84.3 Å². The maximum Gasteiger partial charge on any atom is 0.271 e. The third kappa shape index (κ3) is 4.56. The van der Waals surface area contributed by atoms with Gasteiger partial charge in [0.2, 0.25) is 0 Å². The SMILES string of the molecule is CC1CCNCC1NC(=O)c1cc(Cl)cc([N+](=O)[O-])c1.Cl. The van der Waals surface area contributed by atoms with Crippen LogP contribution < -0.4 is 10.6 Å². The second kappa shape index (κ2) is 7.59. The molecule has 1 fully saturated rings. The van der Waals surface area contributed by atoms with Gasteiger partial charge in [-0.1, -0.05) is 18.5 Å². The van der Waals surface area contributed by atoms with Crippen LogP contribution in [0.2, 0.25) is 5.02 Å². The van der Waals surface area contributed by atoms with E-state index in [0.29, 0.717) is 12.5 Å². The molecule has 0 bridgehead atoms. The van der Waals surface area contributed by atoms with Gasteiger partial charge < -0.3 is 10.6 Å². The summed E-state index contributed by atoms with van der Waals surface area (Å²) in [6.07, 6.45) is 0.987. The number of nitro benzene ring substituents is 1. The molecule has 1 amide bonds. The minimum absolute atomic E-state index is 0. The Morgan fingerprint density at radius 1 is 1.48 bits per heavy atom. The Morgan fingerprint density at radius 2 is 2.19 bits per heavy atom. The fraction of sp³-hybridized carbons (Fsp3) is 0.462. The summed E-state index contributed by atoms with van der Waals surface area (Å²) in [5.41, 5.74) is 0.0273. The number of amides is 1. The first-order valence-electron chi connectivity index (χ1n) is 6.44. The van der Waals surface area contributed by atoms with Crippen molar-refractivity contribution in [2.45, 2.75) is 19.4 Å². The molecule has 116 valence electrons. The first-order chi connectivity index (χ1) is 9.47. The van der Waals surface area contributed by atoms with Crippen molar-refractivity contribution in [2.75, 3.05) is 13.1 Å². The lowest BCUT2D eigenvalue weighted by molar-refractivity contribution is -0.384. The van der Waals surface area contributed by atoms with Gasteiger partial charge in [-0.25, -0.2) is 0 Å². The lowest BCUT2D eigenvalue weighted by Gasteiger charge is -2.30. The number of non-ortho nitro benzene ring substituents is 1. The van der Waals surface area contributed by atoms with Gasteiger partial charge in [0.1, 0.15) is 0 Å². The first kappa shape index (κ1) is 17.7. The van der Waals surface area contributed by atoms with Crippen molar-refractivity contribution in [3.8, 4) is 0 Å². The highest BCUT2D eigenvalue weighted by molar-refractivity contribution is 6.31. The molecule has 6 nitrogen and oxygen atoms in total. The number of nitrogens with zero attached hydrogens (tertiary/aromatic N) is 1. The van der Waals surface area contributed by atoms with Crippen LogP contribution in [0.4, 0.5) is 5.69 Å². The van der Waals surface area contributed by atoms with Gasteiger partial charge in [0.15, 0.2) is 0 Å². The molecule has 0 saturated carbocycles. The fourth-order valence-corrected chi connectivity index (χ4v) is 2.47. The number of nitrogens with one attached hydrogen (secondary N) is 2. The smallest absolute Gasteiger partial charge is 0.271 e. The maximum absolute atomic E-state index is 12.2. The predicted molar refractivity (Wildman–Crippen MR) is 83.3 cm³/mol. The van der Waals surface area contributed by atoms with Gasteiger partial charge in [0, 0.05) is 35.3 Å². The third-order valence-corrected chi connectivity index (χ3v) is 3.72. The number of halogens is 2. The Labute approximate surface area is 133 Å². The fourth-order valence-electron chi connectivity index (χ4n) is 2.25. The highest BCUT2D eigenvalue weighted by Gasteiger charge is 2.24. The molecule has 0 spiro atoms. The number of rotatable bonds is 3. The largest absolute Gasteiger partial charge is 0.348 e. The van der Waals surface area contributed by atoms with Crippen molar-refractivity contribution in [1.82, 2.24) is 10.6 Å². The molecule has 2 rings (SSSR count). The number of carbonyl (C=O) groups is 1. The molecular formula is C13H17Cl2N3O3. The summed E-state index contributed by atoms with van der Waals surface area (Å²) in [5, 5.41) is 17.1. The van der Waals surface area contributed by atoms with Gasteiger partial charge in [0.25, 0.3) is 11.6 Å². The molecule has 0 aromatic heterocycles. The molecule has 1 saturated heterocycles. The molecule has 2 atom stereocenters. The molecule has 8 heteroatoms. The molecule has 1 heterocycles. The molecule has 0 radical (unpaired) electrons. The highest BCUT2D eigenvalue weighted by atomic mass is 35.5. The summed E-state index contributed by atoms with van der Waals surface area (Å²) in [5.74, 6) is 0.0329. The van der Waals surface area contributed by atoms with E-state index in [1.807, 2.05) is 0 Å². The van der Waals surface area contributed by atoms with Gasteiger partial charge >= 0.3 is 0 Å². The number of nitro groups is 1. The summed E-state index contributed by atoms with van der Waals surface area (Å²) < 4.78 is 0. The van der Waals surface area contributed by atoms with E-state index in [1.54, 1.807) is 0 Å². The summed E-state index contributed by atoms with van der Waals surface area (Å²) in [7, 11) is 0. The summed E-state index contributed by atoms with van der Waals surface area (Å²) in [6, 6.07) is 3.92. The maximum atomic E-state index is 12.2. The third-order valence-electron chi connectivity index (χ3n) is 3.50. The van der Waals surface area contributed by atoms with E-state index < -0.39 is 4.92 Å². The van der Waals surface area contributed by atoms with Crippen LogP contribution in [0.5, 0.6) is 0 Å². The van der Waals surface area contributed by atoms with Crippen molar-refractivity contribution < 1.29 is 9.72 Å². The average Bonchev–Trinajstić information content (AvgIpc) is 2.40. The second-order valence-corrected chi connectivity index (χ2v) is 5.44. The van der Waals surface area contributed by atoms with Crippen molar-refractivity contribution >= 4 is 35.6 Å². The highest BCUT2D eigenvalue weighted by Crippen LogP contribution is 2.21. The van der Waals surface area contributed by atoms with Crippen LogP contribution in [-0.2, 0) is 0 Å².